The summed E-state index contributed by atoms with van der Waals surface area (Å²) in [5.41, 5.74) is 4.53. The molecule has 0 aromatic heterocycles. The molecule has 4 N–H and O–H groups in total. The molecule has 0 saturated heterocycles. The van der Waals surface area contributed by atoms with Gasteiger partial charge in [0.2, 0.25) is 11.8 Å². The summed E-state index contributed by atoms with van der Waals surface area (Å²) in [6.45, 7) is 9.02. The first-order valence-electron chi connectivity index (χ1n) is 4.87. The Bertz CT molecular complexity index is 430. The molecule has 1 atom stereocenters. The molecule has 0 aliphatic heterocycles. The molecule has 0 aromatic carbocycles. The van der Waals surface area contributed by atoms with Crippen molar-refractivity contribution in [1.29, 1.82) is 0 Å². The molecule has 0 aliphatic carbocycles. The molecule has 0 saturated carbocycles. The van der Waals surface area contributed by atoms with Crippen LogP contribution in [0, 0.1) is 0 Å². The van der Waals surface area contributed by atoms with Gasteiger partial charge in [0.05, 0.1) is 0 Å². The largest absolute Gasteiger partial charge is 0.366 e. The normalized spacial score (nSPS) is 13.3. The van der Waals surface area contributed by atoms with Crippen LogP contribution >= 0.6 is 0 Å². The Hall–Kier alpha value is -1.67. The number of nitrogens with two attached hydrogens (primary N) is 1. The third kappa shape index (κ3) is 6.81. The Morgan fingerprint density at radius 1 is 1.39 bits per heavy atom. The fourth-order valence-corrected chi connectivity index (χ4v) is 1.24. The first-order chi connectivity index (χ1) is 8.04. The summed E-state index contributed by atoms with van der Waals surface area (Å²) in [6.07, 6.45) is 2.07. The highest BCUT2D eigenvalue weighted by molar-refractivity contribution is 7.87. The van der Waals surface area contributed by atoms with Crippen molar-refractivity contribution in [3.63, 3.8) is 0 Å². The highest BCUT2D eigenvalue weighted by Crippen LogP contribution is 2.15. The minimum absolute atomic E-state index is 0.0748. The molecule has 7 nitrogen and oxygen atoms in total. The van der Waals surface area contributed by atoms with Crippen LogP contribution in [-0.4, -0.2) is 29.7 Å². The van der Waals surface area contributed by atoms with E-state index in [1.807, 2.05) is 0 Å². The van der Waals surface area contributed by atoms with Crippen LogP contribution in [0.4, 0.5) is 0 Å². The van der Waals surface area contributed by atoms with Crippen LogP contribution in [0.15, 0.2) is 25.3 Å². The van der Waals surface area contributed by atoms with E-state index in [9.17, 15) is 18.0 Å². The number of amides is 2. The molecule has 0 heterocycles. The number of hydrogen-bond donors (Lipinski definition) is 3. The SMILES string of the molecule is C=CC(=O)NC(C)(CC)S(=O)(=O)O.C=CC(N)=O. The Balaban J connectivity index is 0. The molecule has 104 valence electrons. The summed E-state index contributed by atoms with van der Waals surface area (Å²) < 4.78 is 30.5. The van der Waals surface area contributed by atoms with Crippen molar-refractivity contribution in [3.8, 4) is 0 Å². The van der Waals surface area contributed by atoms with Gasteiger partial charge in [0, 0.05) is 0 Å². The van der Waals surface area contributed by atoms with E-state index in [1.165, 1.54) is 13.8 Å². The van der Waals surface area contributed by atoms with Crippen LogP contribution in [0.5, 0.6) is 0 Å². The van der Waals surface area contributed by atoms with Crippen LogP contribution < -0.4 is 11.1 Å². The van der Waals surface area contributed by atoms with Crippen molar-refractivity contribution in [2.45, 2.75) is 25.1 Å². The maximum absolute atomic E-state index is 10.8. The Labute approximate surface area is 106 Å². The Morgan fingerprint density at radius 2 is 1.78 bits per heavy atom. The maximum atomic E-state index is 10.8. The average molecular weight is 278 g/mol. The maximum Gasteiger partial charge on any atom is 0.288 e. The fourth-order valence-electron chi connectivity index (χ4n) is 0.647. The number of nitrogens with one attached hydrogen (secondary N) is 1. The van der Waals surface area contributed by atoms with Crippen molar-refractivity contribution >= 4 is 21.9 Å². The van der Waals surface area contributed by atoms with E-state index < -0.39 is 26.8 Å². The Kier molecular flexibility index (Phi) is 7.91. The number of hydrogen-bond acceptors (Lipinski definition) is 4. The molecule has 1 unspecified atom stereocenters. The number of rotatable bonds is 5. The van der Waals surface area contributed by atoms with E-state index in [0.29, 0.717) is 0 Å². The molecule has 0 aromatic rings. The van der Waals surface area contributed by atoms with Crippen molar-refractivity contribution < 1.29 is 22.6 Å². The van der Waals surface area contributed by atoms with Gasteiger partial charge < -0.3 is 11.1 Å². The van der Waals surface area contributed by atoms with Gasteiger partial charge in [0.15, 0.2) is 4.87 Å². The number of carbonyl (C=O) groups excluding carboxylic acids is 2. The lowest BCUT2D eigenvalue weighted by Gasteiger charge is -2.25. The van der Waals surface area contributed by atoms with Crippen LogP contribution in [0.25, 0.3) is 0 Å². The van der Waals surface area contributed by atoms with E-state index in [2.05, 4.69) is 24.2 Å². The zero-order chi connectivity index (χ0) is 15.0. The monoisotopic (exact) mass is 278 g/mol. The minimum Gasteiger partial charge on any atom is -0.366 e. The van der Waals surface area contributed by atoms with Gasteiger partial charge in [-0.05, 0) is 25.5 Å². The van der Waals surface area contributed by atoms with Crippen LogP contribution in [0.3, 0.4) is 0 Å². The Morgan fingerprint density at radius 3 is 1.94 bits per heavy atom. The smallest absolute Gasteiger partial charge is 0.288 e. The second-order valence-electron chi connectivity index (χ2n) is 3.36. The molecule has 0 aliphatic rings. The van der Waals surface area contributed by atoms with Gasteiger partial charge in [-0.3, -0.25) is 14.1 Å². The van der Waals surface area contributed by atoms with Gasteiger partial charge in [0.1, 0.15) is 0 Å². The van der Waals surface area contributed by atoms with Crippen molar-refractivity contribution in [2.24, 2.45) is 5.73 Å². The fraction of sp³-hybridized carbons (Fsp3) is 0.400. The van der Waals surface area contributed by atoms with Crippen molar-refractivity contribution in [1.82, 2.24) is 5.32 Å². The predicted molar refractivity (Wildman–Crippen MR) is 68.0 cm³/mol. The number of carbonyl (C=O) groups is 2. The van der Waals surface area contributed by atoms with Gasteiger partial charge in [-0.1, -0.05) is 20.1 Å². The zero-order valence-corrected chi connectivity index (χ0v) is 11.2. The molecular formula is C10H18N2O5S. The van der Waals surface area contributed by atoms with E-state index in [0.717, 1.165) is 12.2 Å². The van der Waals surface area contributed by atoms with Gasteiger partial charge in [-0.2, -0.15) is 8.42 Å². The summed E-state index contributed by atoms with van der Waals surface area (Å²) in [6, 6.07) is 0. The zero-order valence-electron chi connectivity index (χ0n) is 10.3. The summed E-state index contributed by atoms with van der Waals surface area (Å²) >= 11 is 0. The lowest BCUT2D eigenvalue weighted by atomic mass is 10.2. The summed E-state index contributed by atoms with van der Waals surface area (Å²) in [4.78, 5) is 18.7. The van der Waals surface area contributed by atoms with Crippen LogP contribution in [0.2, 0.25) is 0 Å². The third-order valence-corrected chi connectivity index (χ3v) is 3.55. The molecule has 0 spiro atoms. The van der Waals surface area contributed by atoms with E-state index in [1.54, 1.807) is 0 Å². The molecule has 0 fully saturated rings. The second kappa shape index (κ2) is 7.62. The predicted octanol–water partition coefficient (Wildman–Crippen LogP) is -0.0397. The van der Waals surface area contributed by atoms with Crippen LogP contribution in [-0.2, 0) is 19.7 Å². The quantitative estimate of drug-likeness (QED) is 0.480. The summed E-state index contributed by atoms with van der Waals surface area (Å²) in [5.74, 6) is -1.12. The summed E-state index contributed by atoms with van der Waals surface area (Å²) in [5, 5.41) is 2.14. The highest BCUT2D eigenvalue weighted by Gasteiger charge is 2.36. The number of primary amides is 1. The van der Waals surface area contributed by atoms with E-state index >= 15 is 0 Å². The molecular weight excluding hydrogens is 260 g/mol. The standard InChI is InChI=1S/C7H13NO4S.C3H5NO/c1-4-6(9)8-7(3,5-2)13(10,11)12;1-2-3(4)5/h4H,1,5H2,2-3H3,(H,8,9)(H,10,11,12);2H,1H2,(H2,4,5). The minimum atomic E-state index is -4.30. The molecule has 8 heteroatoms. The lowest BCUT2D eigenvalue weighted by molar-refractivity contribution is -0.117. The molecule has 0 radical (unpaired) electrons. The lowest BCUT2D eigenvalue weighted by Crippen LogP contribution is -2.50. The van der Waals surface area contributed by atoms with Crippen LogP contribution in [0.1, 0.15) is 20.3 Å². The third-order valence-electron chi connectivity index (χ3n) is 2.02. The van der Waals surface area contributed by atoms with Crippen molar-refractivity contribution in [2.75, 3.05) is 0 Å². The first-order valence-corrected chi connectivity index (χ1v) is 6.31. The summed E-state index contributed by atoms with van der Waals surface area (Å²) in [7, 11) is -4.30. The topological polar surface area (TPSA) is 127 Å². The van der Waals surface area contributed by atoms with Gasteiger partial charge in [-0.25, -0.2) is 0 Å². The molecule has 2 amide bonds. The van der Waals surface area contributed by atoms with Gasteiger partial charge in [-0.15, -0.1) is 0 Å². The van der Waals surface area contributed by atoms with Gasteiger partial charge in [0.25, 0.3) is 10.1 Å². The van der Waals surface area contributed by atoms with E-state index in [-0.39, 0.29) is 6.42 Å². The molecule has 0 bridgehead atoms. The van der Waals surface area contributed by atoms with E-state index in [4.69, 9.17) is 4.55 Å². The molecule has 18 heavy (non-hydrogen) atoms. The first kappa shape index (κ1) is 18.7. The molecule has 0 rings (SSSR count). The highest BCUT2D eigenvalue weighted by atomic mass is 32.2. The van der Waals surface area contributed by atoms with Gasteiger partial charge >= 0.3 is 0 Å². The van der Waals surface area contributed by atoms with Crippen molar-refractivity contribution in [3.05, 3.63) is 25.3 Å². The average Bonchev–Trinajstić information content (AvgIpc) is 2.27. The second-order valence-corrected chi connectivity index (χ2v) is 5.21.